The van der Waals surface area contributed by atoms with Gasteiger partial charge in [0, 0.05) is 38.8 Å². The zero-order chi connectivity index (χ0) is 24.2. The van der Waals surface area contributed by atoms with Gasteiger partial charge in [0.2, 0.25) is 0 Å². The summed E-state index contributed by atoms with van der Waals surface area (Å²) in [6.07, 6.45) is 0.305. The van der Waals surface area contributed by atoms with E-state index >= 15 is 0 Å². The zero-order valence-electron chi connectivity index (χ0n) is 19.8. The number of aliphatic hydroxyl groups excluding tert-OH is 1. The maximum absolute atomic E-state index is 8.89. The third-order valence-corrected chi connectivity index (χ3v) is 4.94. The molecule has 0 spiro atoms. The quantitative estimate of drug-likeness (QED) is 0.616. The molecule has 9 heteroatoms. The van der Waals surface area contributed by atoms with Crippen LogP contribution in [0.5, 0.6) is 0 Å². The molecule has 0 amide bonds. The Morgan fingerprint density at radius 2 is 1.29 bits per heavy atom. The van der Waals surface area contributed by atoms with E-state index in [1.165, 1.54) is 0 Å². The summed E-state index contributed by atoms with van der Waals surface area (Å²) in [6.45, 7) is 9.37. The predicted octanol–water partition coefficient (Wildman–Crippen LogP) is 3.67. The summed E-state index contributed by atoms with van der Waals surface area (Å²) in [5.74, 6) is -0.375. The molecule has 2 aromatic carbocycles. The van der Waals surface area contributed by atoms with Crippen molar-refractivity contribution in [3.05, 3.63) is 70.8 Å². The molecule has 0 bridgehead atoms. The molecule has 3 aliphatic heterocycles. The summed E-state index contributed by atoms with van der Waals surface area (Å²) in [6, 6.07) is 15.2. The first-order valence-electron chi connectivity index (χ1n) is 11.1. The molecule has 9 nitrogen and oxygen atoms in total. The molecule has 0 aliphatic carbocycles. The van der Waals surface area contributed by atoms with Gasteiger partial charge in [0.1, 0.15) is 6.10 Å². The van der Waals surface area contributed by atoms with E-state index in [1.807, 2.05) is 62.4 Å². The van der Waals surface area contributed by atoms with Crippen LogP contribution >= 0.6 is 0 Å². The van der Waals surface area contributed by atoms with Gasteiger partial charge in [0.05, 0.1) is 26.4 Å². The van der Waals surface area contributed by atoms with Crippen LogP contribution in [0.15, 0.2) is 58.8 Å². The summed E-state index contributed by atoms with van der Waals surface area (Å²) < 4.78 is 21.7. The van der Waals surface area contributed by atoms with E-state index in [2.05, 4.69) is 10.3 Å². The van der Waals surface area contributed by atoms with Crippen LogP contribution < -0.4 is 0 Å². The second kappa shape index (κ2) is 10.0. The summed E-state index contributed by atoms with van der Waals surface area (Å²) in [5, 5.41) is 16.7. The normalized spacial score (nSPS) is 21.0. The van der Waals surface area contributed by atoms with E-state index < -0.39 is 11.6 Å². The average Bonchev–Trinajstić information content (AvgIpc) is 3.47. The molecule has 1 saturated heterocycles. The third kappa shape index (κ3) is 6.69. The summed E-state index contributed by atoms with van der Waals surface area (Å²) >= 11 is 0. The Morgan fingerprint density at radius 3 is 1.68 bits per heavy atom. The van der Waals surface area contributed by atoms with Gasteiger partial charge in [-0.2, -0.15) is 0 Å². The van der Waals surface area contributed by atoms with Gasteiger partial charge in [-0.25, -0.2) is 0 Å². The van der Waals surface area contributed by atoms with Crippen molar-refractivity contribution in [2.75, 3.05) is 13.2 Å². The maximum atomic E-state index is 8.89. The minimum atomic E-state index is -0.690. The van der Waals surface area contributed by atoms with Crippen molar-refractivity contribution in [1.29, 1.82) is 0 Å². The molecule has 1 unspecified atom stereocenters. The van der Waals surface area contributed by atoms with Crippen molar-refractivity contribution in [3.8, 4) is 0 Å². The number of nitrogens with zero attached hydrogens (tertiary/aromatic N) is 2. The minimum absolute atomic E-state index is 0.0373. The highest BCUT2D eigenvalue weighted by Gasteiger charge is 2.31. The predicted molar refractivity (Wildman–Crippen MR) is 124 cm³/mol. The molecule has 182 valence electrons. The Morgan fingerprint density at radius 1 is 0.824 bits per heavy atom. The molecule has 1 fully saturated rings. The first-order chi connectivity index (χ1) is 16.2. The number of ether oxygens (including phenoxy) is 4. The molecule has 0 aromatic heterocycles. The number of epoxide rings is 1. The number of benzene rings is 2. The molecule has 2 aromatic rings. The van der Waals surface area contributed by atoms with Gasteiger partial charge >= 0.3 is 0 Å². The van der Waals surface area contributed by atoms with Gasteiger partial charge in [-0.15, -0.1) is 0 Å². The van der Waals surface area contributed by atoms with E-state index in [9.17, 15) is 0 Å². The maximum Gasteiger partial charge on any atom is 0.271 e. The van der Waals surface area contributed by atoms with E-state index in [0.717, 1.165) is 28.9 Å². The van der Waals surface area contributed by atoms with Crippen LogP contribution in [0.3, 0.4) is 0 Å². The molecule has 5 rings (SSSR count). The number of aliphatic hydroxyl groups is 1. The standard InChI is InChI=1S/C14H17NO4.C11H13NO3/c1-14(2)18-13(15-19-14)11-5-3-10(4-6-11)7-16-8-12-9-17-12;1-11(2)14-10(12-15-11)9-5-3-8(7-13)4-6-9/h3-6,12H,7-9H2,1-2H3;3-6,13H,7H2,1-2H3. The number of hydrogen-bond donors (Lipinski definition) is 1. The molecule has 34 heavy (non-hydrogen) atoms. The Labute approximate surface area is 198 Å². The van der Waals surface area contributed by atoms with Crippen molar-refractivity contribution >= 4 is 11.8 Å². The molecule has 1 atom stereocenters. The lowest BCUT2D eigenvalue weighted by molar-refractivity contribution is -0.129. The van der Waals surface area contributed by atoms with Gasteiger partial charge in [-0.1, -0.05) is 24.3 Å². The van der Waals surface area contributed by atoms with Crippen molar-refractivity contribution < 1.29 is 33.7 Å². The summed E-state index contributed by atoms with van der Waals surface area (Å²) in [4.78, 5) is 10.2. The number of oxime groups is 2. The largest absolute Gasteiger partial charge is 0.431 e. The second-order valence-corrected chi connectivity index (χ2v) is 9.00. The summed E-state index contributed by atoms with van der Waals surface area (Å²) in [5.41, 5.74) is 3.72. The first-order valence-corrected chi connectivity index (χ1v) is 11.1. The van der Waals surface area contributed by atoms with E-state index in [1.54, 1.807) is 13.8 Å². The van der Waals surface area contributed by atoms with Crippen LogP contribution in [-0.4, -0.2) is 47.8 Å². The van der Waals surface area contributed by atoms with Crippen LogP contribution in [0, 0.1) is 0 Å². The fraction of sp³-hybridized carbons (Fsp3) is 0.440. The molecule has 0 radical (unpaired) electrons. The SMILES string of the molecule is CC1(C)ON=C(c2ccc(CO)cc2)O1.CC1(C)ON=C(c2ccc(COCC3CO3)cc2)O1. The zero-order valence-corrected chi connectivity index (χ0v) is 19.8. The highest BCUT2D eigenvalue weighted by atomic mass is 16.8. The molecule has 1 N–H and O–H groups in total. The van der Waals surface area contributed by atoms with Gasteiger partial charge in [-0.3, -0.25) is 0 Å². The van der Waals surface area contributed by atoms with Gasteiger partial charge in [0.15, 0.2) is 0 Å². The van der Waals surface area contributed by atoms with Crippen LogP contribution in [0.4, 0.5) is 0 Å². The Balaban J connectivity index is 0.000000166. The lowest BCUT2D eigenvalue weighted by Crippen LogP contribution is -2.22. The smallest absolute Gasteiger partial charge is 0.271 e. The van der Waals surface area contributed by atoms with Gasteiger partial charge < -0.3 is 33.7 Å². The Kier molecular flexibility index (Phi) is 7.06. The molecule has 3 heterocycles. The van der Waals surface area contributed by atoms with E-state index in [0.29, 0.717) is 31.1 Å². The average molecular weight is 471 g/mol. The Hall–Kier alpha value is -3.14. The fourth-order valence-electron chi connectivity index (χ4n) is 3.03. The van der Waals surface area contributed by atoms with E-state index in [-0.39, 0.29) is 6.61 Å². The van der Waals surface area contributed by atoms with Crippen molar-refractivity contribution in [2.24, 2.45) is 10.3 Å². The first kappa shape index (κ1) is 24.0. The highest BCUT2D eigenvalue weighted by Crippen LogP contribution is 2.23. The topological polar surface area (TPSA) is 104 Å². The summed E-state index contributed by atoms with van der Waals surface area (Å²) in [7, 11) is 0. The van der Waals surface area contributed by atoms with Crippen LogP contribution in [0.25, 0.3) is 0 Å². The van der Waals surface area contributed by atoms with Gasteiger partial charge in [0.25, 0.3) is 23.4 Å². The lowest BCUT2D eigenvalue weighted by atomic mass is 10.1. The van der Waals surface area contributed by atoms with Gasteiger partial charge in [-0.05, 0) is 45.7 Å². The highest BCUT2D eigenvalue weighted by molar-refractivity contribution is 5.95. The van der Waals surface area contributed by atoms with Crippen LogP contribution in [0.2, 0.25) is 0 Å². The molecule has 0 saturated carbocycles. The number of rotatable bonds is 7. The van der Waals surface area contributed by atoms with E-state index in [4.69, 9.17) is 33.7 Å². The second-order valence-electron chi connectivity index (χ2n) is 9.00. The minimum Gasteiger partial charge on any atom is -0.431 e. The Bertz CT molecular complexity index is 1030. The van der Waals surface area contributed by atoms with Crippen molar-refractivity contribution in [3.63, 3.8) is 0 Å². The van der Waals surface area contributed by atoms with Crippen molar-refractivity contribution in [2.45, 2.75) is 58.6 Å². The van der Waals surface area contributed by atoms with Crippen LogP contribution in [-0.2, 0) is 41.8 Å². The third-order valence-electron chi connectivity index (χ3n) is 4.94. The monoisotopic (exact) mass is 470 g/mol. The number of hydrogen-bond acceptors (Lipinski definition) is 9. The van der Waals surface area contributed by atoms with Crippen LogP contribution in [0.1, 0.15) is 49.9 Å². The molecule has 3 aliphatic rings. The lowest BCUT2D eigenvalue weighted by Gasteiger charge is -2.14. The van der Waals surface area contributed by atoms with Crippen molar-refractivity contribution in [1.82, 2.24) is 0 Å². The molecular weight excluding hydrogens is 440 g/mol. The fourth-order valence-corrected chi connectivity index (χ4v) is 3.03. The molecular formula is C25H30N2O7.